The van der Waals surface area contributed by atoms with Crippen LogP contribution in [0.3, 0.4) is 0 Å². The summed E-state index contributed by atoms with van der Waals surface area (Å²) < 4.78 is 5.33. The zero-order valence-corrected chi connectivity index (χ0v) is 13.2. The maximum absolute atomic E-state index is 12.2. The number of rotatable bonds is 6. The highest BCUT2D eigenvalue weighted by molar-refractivity contribution is 6.04. The van der Waals surface area contributed by atoms with Crippen molar-refractivity contribution in [3.8, 4) is 11.5 Å². The number of ether oxygens (including phenoxy) is 1. The van der Waals surface area contributed by atoms with Gasteiger partial charge in [0.2, 0.25) is 0 Å². The summed E-state index contributed by atoms with van der Waals surface area (Å²) in [7, 11) is 0. The summed E-state index contributed by atoms with van der Waals surface area (Å²) in [5, 5.41) is 38.7. The van der Waals surface area contributed by atoms with E-state index < -0.39 is 17.8 Å². The third kappa shape index (κ3) is 4.17. The van der Waals surface area contributed by atoms with Gasteiger partial charge in [-0.25, -0.2) is 0 Å². The molecule has 0 radical (unpaired) electrons. The molecule has 1 aromatic carbocycles. The molecule has 0 saturated carbocycles. The molecule has 0 fully saturated rings. The van der Waals surface area contributed by atoms with E-state index in [1.807, 2.05) is 6.92 Å². The molecule has 0 bridgehead atoms. The molecular formula is C18H20O6. The van der Waals surface area contributed by atoms with Gasteiger partial charge >= 0.3 is 0 Å². The van der Waals surface area contributed by atoms with Crippen LogP contribution in [0.5, 0.6) is 11.5 Å². The van der Waals surface area contributed by atoms with Crippen LogP contribution in [0.4, 0.5) is 0 Å². The zero-order valence-electron chi connectivity index (χ0n) is 13.2. The van der Waals surface area contributed by atoms with Gasteiger partial charge in [-0.15, -0.1) is 0 Å². The lowest BCUT2D eigenvalue weighted by molar-refractivity contribution is 0.104. The highest BCUT2D eigenvalue weighted by Gasteiger charge is 2.23. The van der Waals surface area contributed by atoms with Crippen molar-refractivity contribution in [2.45, 2.75) is 19.4 Å². The number of phenolic OH excluding ortho intramolecular Hbond substituents is 1. The lowest BCUT2D eigenvalue weighted by Gasteiger charge is -2.20. The first-order chi connectivity index (χ1) is 11.4. The van der Waals surface area contributed by atoms with Gasteiger partial charge in [-0.2, -0.15) is 0 Å². The largest absolute Gasteiger partial charge is 0.511 e. The average molecular weight is 332 g/mol. The van der Waals surface area contributed by atoms with Gasteiger partial charge in [0.15, 0.2) is 17.3 Å². The first-order valence-electron chi connectivity index (χ1n) is 7.60. The van der Waals surface area contributed by atoms with Gasteiger partial charge in [0.1, 0.15) is 11.5 Å². The van der Waals surface area contributed by atoms with E-state index in [1.165, 1.54) is 36.4 Å². The Morgan fingerprint density at radius 2 is 2.04 bits per heavy atom. The average Bonchev–Trinajstić information content (AvgIpc) is 2.52. The van der Waals surface area contributed by atoms with Crippen LogP contribution in [0.15, 0.2) is 54.0 Å². The van der Waals surface area contributed by atoms with Crippen molar-refractivity contribution in [1.29, 1.82) is 0 Å². The number of benzene rings is 1. The van der Waals surface area contributed by atoms with E-state index in [2.05, 4.69) is 0 Å². The van der Waals surface area contributed by atoms with Gasteiger partial charge in [0, 0.05) is 11.6 Å². The Morgan fingerprint density at radius 1 is 1.29 bits per heavy atom. The minimum Gasteiger partial charge on any atom is -0.511 e. The third-order valence-electron chi connectivity index (χ3n) is 3.51. The summed E-state index contributed by atoms with van der Waals surface area (Å²) >= 11 is 0. The highest BCUT2D eigenvalue weighted by atomic mass is 16.5. The van der Waals surface area contributed by atoms with Crippen molar-refractivity contribution >= 4 is 5.78 Å². The molecule has 1 aliphatic carbocycles. The smallest absolute Gasteiger partial charge is 0.185 e. The normalized spacial score (nSPS) is 20.6. The predicted octanol–water partition coefficient (Wildman–Crippen LogP) is 2.79. The molecule has 6 heteroatoms. The van der Waals surface area contributed by atoms with Crippen LogP contribution in [-0.2, 0) is 0 Å². The minimum absolute atomic E-state index is 0.129. The van der Waals surface area contributed by atoms with Gasteiger partial charge in [0.25, 0.3) is 0 Å². The number of hydrogen-bond donors (Lipinski definition) is 4. The number of allylic oxidation sites excluding steroid dienone is 2. The number of phenols is 1. The van der Waals surface area contributed by atoms with Gasteiger partial charge in [-0.3, -0.25) is 4.79 Å². The van der Waals surface area contributed by atoms with E-state index in [-0.39, 0.29) is 22.8 Å². The van der Waals surface area contributed by atoms with Crippen LogP contribution in [-0.4, -0.2) is 38.9 Å². The minimum atomic E-state index is -1.13. The van der Waals surface area contributed by atoms with E-state index >= 15 is 0 Å². The fourth-order valence-electron chi connectivity index (χ4n) is 2.25. The van der Waals surface area contributed by atoms with Crippen LogP contribution >= 0.6 is 0 Å². The van der Waals surface area contributed by atoms with Gasteiger partial charge in [0.05, 0.1) is 18.6 Å². The Morgan fingerprint density at radius 3 is 2.67 bits per heavy atom. The molecule has 0 spiro atoms. The molecule has 1 aliphatic rings. The van der Waals surface area contributed by atoms with E-state index in [0.29, 0.717) is 12.4 Å². The highest BCUT2D eigenvalue weighted by Crippen LogP contribution is 2.28. The third-order valence-corrected chi connectivity index (χ3v) is 3.51. The van der Waals surface area contributed by atoms with Gasteiger partial charge in [-0.1, -0.05) is 13.0 Å². The van der Waals surface area contributed by atoms with Crippen LogP contribution in [0.2, 0.25) is 0 Å². The van der Waals surface area contributed by atoms with Crippen molar-refractivity contribution in [1.82, 2.24) is 0 Å². The molecule has 0 saturated heterocycles. The van der Waals surface area contributed by atoms with E-state index in [1.54, 1.807) is 0 Å². The van der Waals surface area contributed by atoms with E-state index in [0.717, 1.165) is 12.5 Å². The molecule has 24 heavy (non-hydrogen) atoms. The van der Waals surface area contributed by atoms with Crippen molar-refractivity contribution in [3.05, 3.63) is 59.6 Å². The second kappa shape index (κ2) is 7.70. The quantitative estimate of drug-likeness (QED) is 0.471. The summed E-state index contributed by atoms with van der Waals surface area (Å²) in [5.74, 6) is -1.50. The Kier molecular flexibility index (Phi) is 5.65. The lowest BCUT2D eigenvalue weighted by Crippen LogP contribution is -2.22. The van der Waals surface area contributed by atoms with Crippen LogP contribution in [0.1, 0.15) is 23.7 Å². The number of carbonyl (C=O) groups is 1. The van der Waals surface area contributed by atoms with Crippen LogP contribution in [0.25, 0.3) is 0 Å². The van der Waals surface area contributed by atoms with Crippen LogP contribution in [0, 0.1) is 5.92 Å². The molecule has 6 nitrogen and oxygen atoms in total. The number of aliphatic hydroxyl groups is 3. The van der Waals surface area contributed by atoms with E-state index in [9.17, 15) is 25.2 Å². The monoisotopic (exact) mass is 332 g/mol. The standard InChI is InChI=1S/C18H20O6/c1-2-7-24-18-6-3-11(8-17(18)23)14(20)5-4-13-15(21)9-12(19)10-16(13)22/h3-6,8-10,13,15,19,21-23H,2,7H2,1H3. The SMILES string of the molecule is CCCOc1ccc(C(=O)C=CC2C(O)=CC(O)=CC2O)cc1O. The summed E-state index contributed by atoms with van der Waals surface area (Å²) in [4.78, 5) is 12.2. The molecule has 0 amide bonds. The molecule has 0 heterocycles. The molecule has 1 aromatic rings. The molecule has 4 N–H and O–H groups in total. The Hall–Kier alpha value is -2.73. The lowest BCUT2D eigenvalue weighted by atomic mass is 9.93. The number of carbonyl (C=O) groups excluding carboxylic acids is 1. The number of ketones is 1. The fraction of sp³-hybridized carbons (Fsp3) is 0.278. The summed E-state index contributed by atoms with van der Waals surface area (Å²) in [6.07, 6.45) is 4.50. The molecule has 0 aromatic heterocycles. The van der Waals surface area contributed by atoms with Crippen molar-refractivity contribution in [2.75, 3.05) is 6.61 Å². The molecule has 128 valence electrons. The Labute approximate surface area is 139 Å². The summed E-state index contributed by atoms with van der Waals surface area (Å²) in [6.45, 7) is 2.41. The maximum Gasteiger partial charge on any atom is 0.185 e. The summed E-state index contributed by atoms with van der Waals surface area (Å²) in [5.41, 5.74) is 0.250. The Bertz CT molecular complexity index is 701. The fourth-order valence-corrected chi connectivity index (χ4v) is 2.25. The van der Waals surface area contributed by atoms with Gasteiger partial charge in [-0.05, 0) is 36.8 Å². The van der Waals surface area contributed by atoms with Crippen LogP contribution < -0.4 is 4.74 Å². The molecular weight excluding hydrogens is 312 g/mol. The zero-order chi connectivity index (χ0) is 17.7. The first-order valence-corrected chi connectivity index (χ1v) is 7.60. The number of aromatic hydroxyl groups is 1. The number of hydrogen-bond acceptors (Lipinski definition) is 6. The molecule has 0 aliphatic heterocycles. The molecule has 2 atom stereocenters. The van der Waals surface area contributed by atoms with Crippen molar-refractivity contribution in [3.63, 3.8) is 0 Å². The summed E-state index contributed by atoms with van der Waals surface area (Å²) in [6, 6.07) is 4.34. The first kappa shape index (κ1) is 17.6. The van der Waals surface area contributed by atoms with Crippen molar-refractivity contribution < 1.29 is 30.0 Å². The second-order valence-electron chi connectivity index (χ2n) is 5.43. The Balaban J connectivity index is 2.10. The topological polar surface area (TPSA) is 107 Å². The second-order valence-corrected chi connectivity index (χ2v) is 5.43. The number of aliphatic hydroxyl groups excluding tert-OH is 3. The van der Waals surface area contributed by atoms with E-state index in [4.69, 9.17) is 4.74 Å². The van der Waals surface area contributed by atoms with Gasteiger partial charge < -0.3 is 25.2 Å². The molecule has 2 unspecified atom stereocenters. The molecule has 2 rings (SSSR count). The van der Waals surface area contributed by atoms with Crippen molar-refractivity contribution in [2.24, 2.45) is 5.92 Å². The maximum atomic E-state index is 12.2. The predicted molar refractivity (Wildman–Crippen MR) is 88.3 cm³/mol.